The van der Waals surface area contributed by atoms with Gasteiger partial charge in [0.1, 0.15) is 11.4 Å². The van der Waals surface area contributed by atoms with Crippen molar-refractivity contribution in [2.24, 2.45) is 0 Å². The molecule has 0 saturated carbocycles. The van der Waals surface area contributed by atoms with E-state index in [1.54, 1.807) is 19.1 Å². The van der Waals surface area contributed by atoms with Gasteiger partial charge in [-0.25, -0.2) is 4.98 Å². The van der Waals surface area contributed by atoms with E-state index in [0.29, 0.717) is 22.3 Å². The summed E-state index contributed by atoms with van der Waals surface area (Å²) < 4.78 is 6.04. The van der Waals surface area contributed by atoms with Crippen LogP contribution in [0.1, 0.15) is 23.8 Å². The highest BCUT2D eigenvalue weighted by Gasteiger charge is 2.16. The second-order valence-electron chi connectivity index (χ2n) is 4.13. The van der Waals surface area contributed by atoms with Gasteiger partial charge in [-0.05, 0) is 24.3 Å². The molecule has 21 heavy (non-hydrogen) atoms. The van der Waals surface area contributed by atoms with Crippen LogP contribution in [-0.2, 0) is 0 Å². The van der Waals surface area contributed by atoms with Gasteiger partial charge in [0.15, 0.2) is 5.78 Å². The number of hydrogen-bond donors (Lipinski definition) is 0. The number of Topliss-reactive ketones (excluding diaryl/α,β-unsaturated/α-hetero) is 1. The molecule has 2 aromatic rings. The van der Waals surface area contributed by atoms with Crippen molar-refractivity contribution in [3.8, 4) is 11.5 Å². The zero-order valence-electron chi connectivity index (χ0n) is 11.1. The van der Waals surface area contributed by atoms with Crippen molar-refractivity contribution in [3.63, 3.8) is 0 Å². The van der Waals surface area contributed by atoms with E-state index >= 15 is 0 Å². The second kappa shape index (κ2) is 6.45. The fourth-order valence-electron chi connectivity index (χ4n) is 1.63. The molecule has 0 aliphatic heterocycles. The molecule has 2 rings (SSSR count). The van der Waals surface area contributed by atoms with Crippen LogP contribution in [0, 0.1) is 10.1 Å². The van der Waals surface area contributed by atoms with Crippen molar-refractivity contribution in [3.05, 3.63) is 56.8 Å². The molecular weight excluding hydrogens is 340 g/mol. The third-order valence-electron chi connectivity index (χ3n) is 2.69. The number of ketones is 1. The molecule has 0 aliphatic rings. The second-order valence-corrected chi connectivity index (χ2v) is 5.04. The maximum absolute atomic E-state index is 11.5. The Labute approximate surface area is 129 Å². The molecule has 0 amide bonds. The molecule has 0 saturated heterocycles. The molecule has 0 fully saturated rings. The van der Waals surface area contributed by atoms with Gasteiger partial charge in [-0.15, -0.1) is 0 Å². The number of halogens is 1. The van der Waals surface area contributed by atoms with Crippen molar-refractivity contribution in [1.29, 1.82) is 0 Å². The third-order valence-corrected chi connectivity index (χ3v) is 3.18. The van der Waals surface area contributed by atoms with E-state index in [1.807, 2.05) is 0 Å². The fourth-order valence-corrected chi connectivity index (χ4v) is 1.98. The highest BCUT2D eigenvalue weighted by molar-refractivity contribution is 9.10. The van der Waals surface area contributed by atoms with Gasteiger partial charge in [0.05, 0.1) is 11.1 Å². The first-order valence-corrected chi connectivity index (χ1v) is 6.91. The van der Waals surface area contributed by atoms with E-state index in [-0.39, 0.29) is 17.2 Å². The Balaban J connectivity index is 2.26. The third kappa shape index (κ3) is 3.63. The summed E-state index contributed by atoms with van der Waals surface area (Å²) in [6.07, 6.45) is 1.74. The smallest absolute Gasteiger partial charge is 0.312 e. The largest absolute Gasteiger partial charge is 0.449 e. The van der Waals surface area contributed by atoms with Crippen LogP contribution in [-0.4, -0.2) is 15.7 Å². The quantitative estimate of drug-likeness (QED) is 0.459. The number of nitrogens with zero attached hydrogens (tertiary/aromatic N) is 2. The van der Waals surface area contributed by atoms with Crippen LogP contribution < -0.4 is 4.74 Å². The first-order valence-electron chi connectivity index (χ1n) is 6.12. The van der Waals surface area contributed by atoms with Gasteiger partial charge in [0.25, 0.3) is 0 Å². The first-order chi connectivity index (χ1) is 10.0. The van der Waals surface area contributed by atoms with Gasteiger partial charge in [-0.2, -0.15) is 0 Å². The number of pyridine rings is 1. The van der Waals surface area contributed by atoms with Gasteiger partial charge >= 0.3 is 5.69 Å². The minimum absolute atomic E-state index is 0.0730. The number of nitro benzene ring substituents is 1. The molecule has 0 N–H and O–H groups in total. The monoisotopic (exact) mass is 350 g/mol. The molecule has 0 atom stereocenters. The SMILES string of the molecule is CCC(=O)c1ccc(Oc2ccc(Br)cc2[N+](=O)[O-])cn1. The molecule has 0 aliphatic carbocycles. The number of carbonyl (C=O) groups is 1. The van der Waals surface area contributed by atoms with Crippen LogP contribution in [0.25, 0.3) is 0 Å². The maximum Gasteiger partial charge on any atom is 0.312 e. The summed E-state index contributed by atoms with van der Waals surface area (Å²) in [5, 5.41) is 11.0. The summed E-state index contributed by atoms with van der Waals surface area (Å²) in [5.41, 5.74) is 0.188. The molecule has 108 valence electrons. The van der Waals surface area contributed by atoms with Crippen LogP contribution in [0.15, 0.2) is 41.0 Å². The van der Waals surface area contributed by atoms with Crippen LogP contribution >= 0.6 is 15.9 Å². The zero-order valence-corrected chi connectivity index (χ0v) is 12.7. The molecule has 0 bridgehead atoms. The Morgan fingerprint density at radius 3 is 2.71 bits per heavy atom. The lowest BCUT2D eigenvalue weighted by molar-refractivity contribution is -0.385. The lowest BCUT2D eigenvalue weighted by Gasteiger charge is -2.06. The van der Waals surface area contributed by atoms with Crippen molar-refractivity contribution < 1.29 is 14.5 Å². The minimum atomic E-state index is -0.525. The Bertz CT molecular complexity index is 686. The van der Waals surface area contributed by atoms with Crippen molar-refractivity contribution in [2.45, 2.75) is 13.3 Å². The Kier molecular flexibility index (Phi) is 4.64. The highest BCUT2D eigenvalue weighted by Crippen LogP contribution is 2.33. The first kappa shape index (κ1) is 15.1. The standard InChI is InChI=1S/C14H11BrN2O4/c1-2-13(18)11-5-4-10(8-16-11)21-14-6-3-9(15)7-12(14)17(19)20/h3-8H,2H2,1H3. The Hall–Kier alpha value is -2.28. The number of carbonyl (C=O) groups excluding carboxylic acids is 1. The summed E-state index contributed by atoms with van der Waals surface area (Å²) in [6.45, 7) is 1.75. The molecule has 7 heteroatoms. The van der Waals surface area contributed by atoms with E-state index in [2.05, 4.69) is 20.9 Å². The minimum Gasteiger partial charge on any atom is -0.449 e. The lowest BCUT2D eigenvalue weighted by atomic mass is 10.2. The number of benzene rings is 1. The van der Waals surface area contributed by atoms with Gasteiger partial charge < -0.3 is 4.74 Å². The number of aromatic nitrogens is 1. The highest BCUT2D eigenvalue weighted by atomic mass is 79.9. The lowest BCUT2D eigenvalue weighted by Crippen LogP contribution is -2.00. The predicted octanol–water partition coefficient (Wildman–Crippen LogP) is 4.14. The number of hydrogen-bond acceptors (Lipinski definition) is 5. The van der Waals surface area contributed by atoms with E-state index in [0.717, 1.165) is 0 Å². The van der Waals surface area contributed by atoms with Crippen molar-refractivity contribution >= 4 is 27.4 Å². The summed E-state index contributed by atoms with van der Waals surface area (Å²) in [7, 11) is 0. The van der Waals surface area contributed by atoms with Crippen LogP contribution in [0.2, 0.25) is 0 Å². The van der Waals surface area contributed by atoms with Crippen LogP contribution in [0.3, 0.4) is 0 Å². The van der Waals surface area contributed by atoms with Gasteiger partial charge in [-0.3, -0.25) is 14.9 Å². The van der Waals surface area contributed by atoms with Crippen LogP contribution in [0.4, 0.5) is 5.69 Å². The number of nitro groups is 1. The summed E-state index contributed by atoms with van der Waals surface area (Å²) in [4.78, 5) is 25.9. The molecule has 1 aromatic carbocycles. The average molecular weight is 351 g/mol. The van der Waals surface area contributed by atoms with E-state index in [9.17, 15) is 14.9 Å². The summed E-state index contributed by atoms with van der Waals surface area (Å²) in [6, 6.07) is 7.59. The Morgan fingerprint density at radius 2 is 2.14 bits per heavy atom. The summed E-state index contributed by atoms with van der Waals surface area (Å²) >= 11 is 3.17. The Morgan fingerprint density at radius 1 is 1.38 bits per heavy atom. The molecule has 0 unspecified atom stereocenters. The van der Waals surface area contributed by atoms with E-state index in [4.69, 9.17) is 4.74 Å². The number of ether oxygens (including phenoxy) is 1. The van der Waals surface area contributed by atoms with Crippen molar-refractivity contribution in [2.75, 3.05) is 0 Å². The molecule has 1 aromatic heterocycles. The fraction of sp³-hybridized carbons (Fsp3) is 0.143. The number of rotatable bonds is 5. The topological polar surface area (TPSA) is 82.3 Å². The average Bonchev–Trinajstić information content (AvgIpc) is 2.49. The van der Waals surface area contributed by atoms with Crippen LogP contribution in [0.5, 0.6) is 11.5 Å². The van der Waals surface area contributed by atoms with Gasteiger partial charge in [0.2, 0.25) is 5.75 Å². The normalized spacial score (nSPS) is 10.2. The maximum atomic E-state index is 11.5. The summed E-state index contributed by atoms with van der Waals surface area (Å²) in [5.74, 6) is 0.365. The zero-order chi connectivity index (χ0) is 15.4. The van der Waals surface area contributed by atoms with E-state index < -0.39 is 4.92 Å². The molecular formula is C14H11BrN2O4. The predicted molar refractivity (Wildman–Crippen MR) is 79.7 cm³/mol. The molecule has 6 nitrogen and oxygen atoms in total. The molecule has 0 spiro atoms. The molecule has 1 heterocycles. The van der Waals surface area contributed by atoms with Gasteiger partial charge in [-0.1, -0.05) is 22.9 Å². The van der Waals surface area contributed by atoms with E-state index in [1.165, 1.54) is 24.4 Å². The molecule has 0 radical (unpaired) electrons. The van der Waals surface area contributed by atoms with Crippen molar-refractivity contribution in [1.82, 2.24) is 4.98 Å². The van der Waals surface area contributed by atoms with Gasteiger partial charge in [0, 0.05) is 17.0 Å².